The van der Waals surface area contributed by atoms with Crippen LogP contribution in [0.1, 0.15) is 16.8 Å². The van der Waals surface area contributed by atoms with Crippen LogP contribution < -0.4 is 5.56 Å². The van der Waals surface area contributed by atoms with Crippen molar-refractivity contribution in [2.24, 2.45) is 0 Å². The van der Waals surface area contributed by atoms with Crippen molar-refractivity contribution in [3.05, 3.63) is 57.5 Å². The molecule has 0 atom stereocenters. The summed E-state index contributed by atoms with van der Waals surface area (Å²) in [5, 5.41) is 9.36. The van der Waals surface area contributed by atoms with E-state index in [1.54, 1.807) is 0 Å². The monoisotopic (exact) mass is 322 g/mol. The molecule has 5 nitrogen and oxygen atoms in total. The lowest BCUT2D eigenvalue weighted by Crippen LogP contribution is -2.21. The van der Waals surface area contributed by atoms with Crippen LogP contribution in [-0.4, -0.2) is 20.0 Å². The van der Waals surface area contributed by atoms with Crippen LogP contribution in [0.2, 0.25) is 0 Å². The van der Waals surface area contributed by atoms with Crippen LogP contribution in [0.15, 0.2) is 35.1 Å². The van der Waals surface area contributed by atoms with Gasteiger partial charge < -0.3 is 0 Å². The molecule has 0 unspecified atom stereocenters. The highest BCUT2D eigenvalue weighted by atomic mass is 32.1. The standard InChI is InChI=1S/C17H14N4OS/c1-9-4-6-12(7-5-9)21-17(22)15-14(19-20-21)13-10(2)8-11(3)18-16(13)23-15/h4-8H,1-3H3. The Kier molecular flexibility index (Phi) is 3.02. The number of nitrogens with zero attached hydrogens (tertiary/aromatic N) is 4. The van der Waals surface area contributed by atoms with Gasteiger partial charge in [-0.3, -0.25) is 4.79 Å². The summed E-state index contributed by atoms with van der Waals surface area (Å²) in [4.78, 5) is 18.2. The fraction of sp³-hybridized carbons (Fsp3) is 0.176. The molecule has 0 N–H and O–H groups in total. The molecule has 114 valence electrons. The molecule has 3 aromatic heterocycles. The van der Waals surface area contributed by atoms with Gasteiger partial charge in [-0.2, -0.15) is 4.68 Å². The van der Waals surface area contributed by atoms with Crippen LogP contribution in [0.25, 0.3) is 26.1 Å². The van der Waals surface area contributed by atoms with Crippen molar-refractivity contribution in [2.45, 2.75) is 20.8 Å². The van der Waals surface area contributed by atoms with Crippen molar-refractivity contribution in [2.75, 3.05) is 0 Å². The minimum Gasteiger partial charge on any atom is -0.266 e. The van der Waals surface area contributed by atoms with Gasteiger partial charge in [-0.1, -0.05) is 22.9 Å². The predicted molar refractivity (Wildman–Crippen MR) is 92.5 cm³/mol. The number of thiophene rings is 1. The van der Waals surface area contributed by atoms with Crippen molar-refractivity contribution in [1.82, 2.24) is 20.0 Å². The van der Waals surface area contributed by atoms with E-state index in [0.29, 0.717) is 15.9 Å². The Balaban J connectivity index is 2.06. The van der Waals surface area contributed by atoms with Crippen LogP contribution in [-0.2, 0) is 0 Å². The Morgan fingerprint density at radius 3 is 2.57 bits per heavy atom. The smallest absolute Gasteiger partial charge is 0.266 e. The molecular weight excluding hydrogens is 308 g/mol. The highest BCUT2D eigenvalue weighted by Gasteiger charge is 2.16. The van der Waals surface area contributed by atoms with E-state index in [1.165, 1.54) is 16.0 Å². The first-order valence-corrected chi connectivity index (χ1v) is 8.10. The zero-order chi connectivity index (χ0) is 16.1. The van der Waals surface area contributed by atoms with E-state index in [4.69, 9.17) is 0 Å². The highest BCUT2D eigenvalue weighted by molar-refractivity contribution is 7.25. The van der Waals surface area contributed by atoms with Gasteiger partial charge in [0.2, 0.25) is 0 Å². The van der Waals surface area contributed by atoms with Gasteiger partial charge >= 0.3 is 0 Å². The third-order valence-electron chi connectivity index (χ3n) is 3.86. The molecule has 0 amide bonds. The maximum Gasteiger partial charge on any atom is 0.292 e. The summed E-state index contributed by atoms with van der Waals surface area (Å²) in [6, 6.07) is 9.65. The van der Waals surface area contributed by atoms with Gasteiger partial charge in [-0.15, -0.1) is 16.4 Å². The first-order valence-electron chi connectivity index (χ1n) is 7.28. The van der Waals surface area contributed by atoms with E-state index in [1.807, 2.05) is 51.1 Å². The van der Waals surface area contributed by atoms with E-state index >= 15 is 0 Å². The molecule has 0 radical (unpaired) electrons. The van der Waals surface area contributed by atoms with Crippen LogP contribution in [0.5, 0.6) is 0 Å². The largest absolute Gasteiger partial charge is 0.292 e. The van der Waals surface area contributed by atoms with Gasteiger partial charge in [0, 0.05) is 11.1 Å². The summed E-state index contributed by atoms with van der Waals surface area (Å²) < 4.78 is 1.94. The highest BCUT2D eigenvalue weighted by Crippen LogP contribution is 2.31. The number of fused-ring (bicyclic) bond motifs is 3. The minimum atomic E-state index is -0.154. The zero-order valence-corrected chi connectivity index (χ0v) is 13.8. The van der Waals surface area contributed by atoms with E-state index in [9.17, 15) is 4.79 Å². The SMILES string of the molecule is Cc1ccc(-n2nnc3c(sc4nc(C)cc(C)c43)c2=O)cc1. The molecule has 23 heavy (non-hydrogen) atoms. The first kappa shape index (κ1) is 14.0. The lowest BCUT2D eigenvalue weighted by molar-refractivity contribution is 0.740. The summed E-state index contributed by atoms with van der Waals surface area (Å²) in [5.74, 6) is 0. The number of aryl methyl sites for hydroxylation is 3. The van der Waals surface area contributed by atoms with Gasteiger partial charge in [0.25, 0.3) is 5.56 Å². The lowest BCUT2D eigenvalue weighted by atomic mass is 10.1. The zero-order valence-electron chi connectivity index (χ0n) is 13.0. The summed E-state index contributed by atoms with van der Waals surface area (Å²) in [7, 11) is 0. The van der Waals surface area contributed by atoms with Crippen molar-refractivity contribution in [3.63, 3.8) is 0 Å². The molecule has 0 fully saturated rings. The third kappa shape index (κ3) is 2.14. The lowest BCUT2D eigenvalue weighted by Gasteiger charge is -2.03. The predicted octanol–water partition coefficient (Wildman–Crippen LogP) is 3.32. The Hall–Kier alpha value is -2.60. The number of rotatable bonds is 1. The summed E-state index contributed by atoms with van der Waals surface area (Å²) in [6.07, 6.45) is 0. The Bertz CT molecular complexity index is 1110. The van der Waals surface area contributed by atoms with Crippen LogP contribution in [0.3, 0.4) is 0 Å². The molecule has 3 heterocycles. The quantitative estimate of drug-likeness (QED) is 0.539. The van der Waals surface area contributed by atoms with Crippen molar-refractivity contribution >= 4 is 31.8 Å². The molecule has 0 aliphatic rings. The molecule has 0 aliphatic heterocycles. The molecule has 0 spiro atoms. The average molecular weight is 322 g/mol. The fourth-order valence-electron chi connectivity index (χ4n) is 2.74. The number of aromatic nitrogens is 4. The van der Waals surface area contributed by atoms with E-state index < -0.39 is 0 Å². The molecule has 1 aromatic carbocycles. The van der Waals surface area contributed by atoms with E-state index in [2.05, 4.69) is 15.3 Å². The van der Waals surface area contributed by atoms with Crippen molar-refractivity contribution in [1.29, 1.82) is 0 Å². The summed E-state index contributed by atoms with van der Waals surface area (Å²) in [5.41, 5.74) is 4.34. The maximum atomic E-state index is 12.8. The summed E-state index contributed by atoms with van der Waals surface area (Å²) >= 11 is 1.38. The topological polar surface area (TPSA) is 60.7 Å². The van der Waals surface area contributed by atoms with Crippen LogP contribution in [0.4, 0.5) is 0 Å². The number of pyridine rings is 1. The number of hydrogen-bond donors (Lipinski definition) is 0. The van der Waals surface area contributed by atoms with Gasteiger partial charge in [0.15, 0.2) is 0 Å². The Labute approximate surface area is 136 Å². The Morgan fingerprint density at radius 1 is 1.09 bits per heavy atom. The van der Waals surface area contributed by atoms with E-state index in [-0.39, 0.29) is 5.56 Å². The molecule has 4 rings (SSSR count). The molecule has 0 saturated carbocycles. The average Bonchev–Trinajstić information content (AvgIpc) is 2.88. The van der Waals surface area contributed by atoms with Gasteiger partial charge in [0.05, 0.1) is 5.69 Å². The van der Waals surface area contributed by atoms with E-state index in [0.717, 1.165) is 27.0 Å². The molecule has 0 bridgehead atoms. The molecule has 6 heteroatoms. The molecular formula is C17H14N4OS. The second-order valence-corrected chi connectivity index (χ2v) is 6.68. The van der Waals surface area contributed by atoms with Crippen molar-refractivity contribution < 1.29 is 0 Å². The van der Waals surface area contributed by atoms with Crippen molar-refractivity contribution in [3.8, 4) is 5.69 Å². The molecule has 0 aliphatic carbocycles. The second kappa shape index (κ2) is 4.96. The molecule has 4 aromatic rings. The van der Waals surface area contributed by atoms with Gasteiger partial charge in [0.1, 0.15) is 15.0 Å². The molecule has 0 saturated heterocycles. The number of benzene rings is 1. The third-order valence-corrected chi connectivity index (χ3v) is 4.92. The van der Waals surface area contributed by atoms with Gasteiger partial charge in [-0.05, 0) is 44.5 Å². The first-order chi connectivity index (χ1) is 11.0. The number of hydrogen-bond acceptors (Lipinski definition) is 5. The van der Waals surface area contributed by atoms with Gasteiger partial charge in [-0.25, -0.2) is 4.98 Å². The fourth-order valence-corrected chi connectivity index (χ4v) is 3.90. The second-order valence-electron chi connectivity index (χ2n) is 5.68. The minimum absolute atomic E-state index is 0.154. The van der Waals surface area contributed by atoms with Crippen LogP contribution in [0, 0.1) is 20.8 Å². The maximum absolute atomic E-state index is 12.8. The summed E-state index contributed by atoms with van der Waals surface area (Å²) in [6.45, 7) is 5.97. The Morgan fingerprint density at radius 2 is 1.83 bits per heavy atom. The van der Waals surface area contributed by atoms with Crippen LogP contribution >= 0.6 is 11.3 Å². The normalized spacial score (nSPS) is 11.4.